The largest absolute Gasteiger partial charge is 0.508 e. The van der Waals surface area contributed by atoms with Crippen LogP contribution in [0.3, 0.4) is 0 Å². The Kier molecular flexibility index (Phi) is 4.12. The van der Waals surface area contributed by atoms with Gasteiger partial charge in [-0.05, 0) is 18.2 Å². The number of esters is 1. The molecule has 0 saturated heterocycles. The zero-order valence-corrected chi connectivity index (χ0v) is 17.0. The Balaban J connectivity index is 1.96. The fourth-order valence-corrected chi connectivity index (χ4v) is 4.70. The first-order chi connectivity index (χ1) is 14.8. The van der Waals surface area contributed by atoms with Gasteiger partial charge in [0.1, 0.15) is 28.0 Å². The smallest absolute Gasteiger partial charge is 0.340 e. The highest BCUT2D eigenvalue weighted by molar-refractivity contribution is 6.44. The number of phenols is 2. The van der Waals surface area contributed by atoms with E-state index < -0.39 is 29.7 Å². The Bertz CT molecular complexity index is 1320. The molecule has 5 rings (SSSR count). The van der Waals surface area contributed by atoms with Crippen LogP contribution >= 0.6 is 23.2 Å². The van der Waals surface area contributed by atoms with Crippen LogP contribution in [0.4, 0.5) is 0 Å². The number of halogens is 2. The van der Waals surface area contributed by atoms with E-state index in [2.05, 4.69) is 0 Å². The molecule has 0 aliphatic carbocycles. The molecule has 1 atom stereocenters. The number of ether oxygens (including phenoxy) is 2. The summed E-state index contributed by atoms with van der Waals surface area (Å²) in [7, 11) is 0. The molecule has 3 N–H and O–H groups in total. The minimum atomic E-state index is -1.62. The number of rotatable bonds is 2. The lowest BCUT2D eigenvalue weighted by Gasteiger charge is -2.38. The number of carboxylic acid groups (broad SMARTS) is 1. The van der Waals surface area contributed by atoms with Crippen LogP contribution in [0.5, 0.6) is 23.0 Å². The summed E-state index contributed by atoms with van der Waals surface area (Å²) in [6.07, 6.45) is -0.634. The predicted octanol–water partition coefficient (Wildman–Crippen LogP) is 4.60. The minimum absolute atomic E-state index is 0.100. The number of benzene rings is 3. The first-order valence-corrected chi connectivity index (χ1v) is 9.80. The van der Waals surface area contributed by atoms with Gasteiger partial charge < -0.3 is 24.8 Å². The number of carbonyl (C=O) groups is 2. The van der Waals surface area contributed by atoms with Gasteiger partial charge in [0, 0.05) is 22.8 Å². The highest BCUT2D eigenvalue weighted by atomic mass is 35.5. The highest BCUT2D eigenvalue weighted by Gasteiger charge is 2.56. The Labute approximate surface area is 185 Å². The van der Waals surface area contributed by atoms with Crippen molar-refractivity contribution in [3.63, 3.8) is 0 Å². The standard InChI is InChI=1S/C22H12Cl2O7/c23-17-16-20(11(8-15(26)27)19(28)18(17)24)30-14-7-9(25)5-6-13(14)22(16)12-4-2-1-3-10(12)21(29)31-22/h1-7,25,28H,8H2,(H,26,27). The summed E-state index contributed by atoms with van der Waals surface area (Å²) in [5, 5.41) is 29.5. The average molecular weight is 459 g/mol. The Hall–Kier alpha value is -3.42. The van der Waals surface area contributed by atoms with Crippen molar-refractivity contribution in [1.82, 2.24) is 0 Å². The summed E-state index contributed by atoms with van der Waals surface area (Å²) >= 11 is 12.8. The molecule has 0 radical (unpaired) electrons. The van der Waals surface area contributed by atoms with Crippen molar-refractivity contribution in [2.45, 2.75) is 12.0 Å². The summed E-state index contributed by atoms with van der Waals surface area (Å²) in [5.74, 6) is -2.54. The monoisotopic (exact) mass is 458 g/mol. The van der Waals surface area contributed by atoms with E-state index >= 15 is 0 Å². The molecule has 0 aromatic heterocycles. The van der Waals surface area contributed by atoms with Crippen LogP contribution in [0.2, 0.25) is 10.0 Å². The molecule has 2 aliphatic rings. The molecule has 2 heterocycles. The molecule has 1 spiro atoms. The Morgan fingerprint density at radius 3 is 2.52 bits per heavy atom. The minimum Gasteiger partial charge on any atom is -0.508 e. The van der Waals surface area contributed by atoms with E-state index in [1.54, 1.807) is 24.3 Å². The molecule has 0 saturated carbocycles. The second-order valence-corrected chi connectivity index (χ2v) is 7.88. The molecule has 3 aromatic carbocycles. The third-order valence-electron chi connectivity index (χ3n) is 5.42. The maximum absolute atomic E-state index is 12.8. The Morgan fingerprint density at radius 2 is 1.77 bits per heavy atom. The van der Waals surface area contributed by atoms with E-state index in [0.717, 1.165) is 0 Å². The normalized spacial score (nSPS) is 18.1. The van der Waals surface area contributed by atoms with Gasteiger partial charge in [0.05, 0.1) is 22.6 Å². The number of fused-ring (bicyclic) bond motifs is 6. The molecular formula is C22H12Cl2O7. The fourth-order valence-electron chi connectivity index (χ4n) is 4.18. The van der Waals surface area contributed by atoms with Crippen LogP contribution in [0, 0.1) is 0 Å². The van der Waals surface area contributed by atoms with E-state index in [1.165, 1.54) is 18.2 Å². The zero-order valence-electron chi connectivity index (χ0n) is 15.5. The summed E-state index contributed by atoms with van der Waals surface area (Å²) in [4.78, 5) is 24.3. The number of hydrogen-bond donors (Lipinski definition) is 3. The highest BCUT2D eigenvalue weighted by Crippen LogP contribution is 2.61. The summed E-state index contributed by atoms with van der Waals surface area (Å²) in [5.41, 5.74) is -0.557. The predicted molar refractivity (Wildman–Crippen MR) is 109 cm³/mol. The van der Waals surface area contributed by atoms with Crippen LogP contribution in [0.25, 0.3) is 0 Å². The van der Waals surface area contributed by atoms with Crippen molar-refractivity contribution in [2.24, 2.45) is 0 Å². The Morgan fingerprint density at radius 1 is 1.03 bits per heavy atom. The number of carboxylic acids is 1. The van der Waals surface area contributed by atoms with Crippen LogP contribution in [0.1, 0.15) is 32.6 Å². The first-order valence-electron chi connectivity index (χ1n) is 9.05. The number of aliphatic carboxylic acids is 1. The molecule has 156 valence electrons. The van der Waals surface area contributed by atoms with Gasteiger partial charge in [0.15, 0.2) is 5.60 Å². The van der Waals surface area contributed by atoms with E-state index in [-0.39, 0.29) is 44.0 Å². The molecule has 0 bridgehead atoms. The zero-order chi connectivity index (χ0) is 22.1. The maximum Gasteiger partial charge on any atom is 0.340 e. The second kappa shape index (κ2) is 6.54. The summed E-state index contributed by atoms with van der Waals surface area (Å²) < 4.78 is 11.8. The topological polar surface area (TPSA) is 113 Å². The van der Waals surface area contributed by atoms with Crippen molar-refractivity contribution < 1.29 is 34.4 Å². The molecule has 0 fully saturated rings. The van der Waals surface area contributed by atoms with E-state index in [9.17, 15) is 24.9 Å². The molecule has 7 nitrogen and oxygen atoms in total. The van der Waals surface area contributed by atoms with Gasteiger partial charge in [-0.1, -0.05) is 41.4 Å². The molecule has 3 aromatic rings. The van der Waals surface area contributed by atoms with Gasteiger partial charge in [0.25, 0.3) is 0 Å². The lowest BCUT2D eigenvalue weighted by atomic mass is 9.76. The van der Waals surface area contributed by atoms with Gasteiger partial charge >= 0.3 is 11.9 Å². The number of hydrogen-bond acceptors (Lipinski definition) is 6. The third-order valence-corrected chi connectivity index (χ3v) is 6.26. The second-order valence-electron chi connectivity index (χ2n) is 7.13. The molecular weight excluding hydrogens is 447 g/mol. The van der Waals surface area contributed by atoms with Gasteiger partial charge in [-0.15, -0.1) is 0 Å². The number of phenolic OH excluding ortho intramolecular Hbond substituents is 2. The number of aromatic hydroxyl groups is 2. The van der Waals surface area contributed by atoms with E-state index in [1.807, 2.05) is 0 Å². The summed E-state index contributed by atoms with van der Waals surface area (Å²) in [6, 6.07) is 10.9. The van der Waals surface area contributed by atoms with Gasteiger partial charge in [-0.2, -0.15) is 0 Å². The van der Waals surface area contributed by atoms with Crippen molar-refractivity contribution in [1.29, 1.82) is 0 Å². The molecule has 1 unspecified atom stereocenters. The fraction of sp³-hybridized carbons (Fsp3) is 0.0909. The third kappa shape index (κ3) is 2.54. The molecule has 31 heavy (non-hydrogen) atoms. The summed E-state index contributed by atoms with van der Waals surface area (Å²) in [6.45, 7) is 0. The van der Waals surface area contributed by atoms with Crippen molar-refractivity contribution in [2.75, 3.05) is 0 Å². The molecule has 0 amide bonds. The molecule has 9 heteroatoms. The number of carbonyl (C=O) groups excluding carboxylic acids is 1. The van der Waals surface area contributed by atoms with Crippen LogP contribution in [0.15, 0.2) is 42.5 Å². The molecule has 2 aliphatic heterocycles. The van der Waals surface area contributed by atoms with Crippen LogP contribution in [-0.2, 0) is 21.6 Å². The lowest BCUT2D eigenvalue weighted by molar-refractivity contribution is -0.136. The van der Waals surface area contributed by atoms with E-state index in [0.29, 0.717) is 11.1 Å². The van der Waals surface area contributed by atoms with E-state index in [4.69, 9.17) is 32.7 Å². The van der Waals surface area contributed by atoms with Crippen LogP contribution in [-0.4, -0.2) is 27.3 Å². The van der Waals surface area contributed by atoms with Crippen LogP contribution < -0.4 is 4.74 Å². The lowest BCUT2D eigenvalue weighted by Crippen LogP contribution is -2.34. The van der Waals surface area contributed by atoms with Gasteiger partial charge in [-0.25, -0.2) is 4.79 Å². The van der Waals surface area contributed by atoms with Gasteiger partial charge in [-0.3, -0.25) is 4.79 Å². The average Bonchev–Trinajstić information content (AvgIpc) is 3.02. The quantitative estimate of drug-likeness (QED) is 0.480. The SMILES string of the molecule is O=C(O)Cc1c(O)c(Cl)c(Cl)c2c1Oc1cc(O)ccc1C21OC(=O)c2ccccc21. The van der Waals surface area contributed by atoms with Crippen molar-refractivity contribution in [3.05, 3.63) is 80.3 Å². The van der Waals surface area contributed by atoms with Crippen molar-refractivity contribution in [3.8, 4) is 23.0 Å². The van der Waals surface area contributed by atoms with Crippen molar-refractivity contribution >= 4 is 35.1 Å². The maximum atomic E-state index is 12.8. The van der Waals surface area contributed by atoms with Gasteiger partial charge in [0.2, 0.25) is 0 Å². The first kappa shape index (κ1) is 19.5.